The second-order valence-electron chi connectivity index (χ2n) is 2.22. The third-order valence-electron chi connectivity index (χ3n) is 1.40. The van der Waals surface area contributed by atoms with Crippen molar-refractivity contribution in [3.8, 4) is 10.7 Å². The number of thiophene rings is 1. The lowest BCUT2D eigenvalue weighted by molar-refractivity contribution is 1.02. The molecule has 5 heteroatoms. The predicted octanol–water partition coefficient (Wildman–Crippen LogP) is 2.27. The molecule has 2 heterocycles. The summed E-state index contributed by atoms with van der Waals surface area (Å²) >= 11 is 7.18. The van der Waals surface area contributed by atoms with E-state index in [9.17, 15) is 0 Å². The highest BCUT2D eigenvalue weighted by Crippen LogP contribution is 2.20. The van der Waals surface area contributed by atoms with Gasteiger partial charge in [0.15, 0.2) is 5.82 Å². The van der Waals surface area contributed by atoms with Crippen molar-refractivity contribution in [2.45, 2.75) is 5.88 Å². The van der Waals surface area contributed by atoms with E-state index in [0.29, 0.717) is 11.7 Å². The van der Waals surface area contributed by atoms with Gasteiger partial charge in [-0.2, -0.15) is 5.10 Å². The van der Waals surface area contributed by atoms with Crippen molar-refractivity contribution in [3.63, 3.8) is 0 Å². The van der Waals surface area contributed by atoms with Crippen LogP contribution < -0.4 is 0 Å². The summed E-state index contributed by atoms with van der Waals surface area (Å²) in [5.74, 6) is 1.80. The highest BCUT2D eigenvalue weighted by Gasteiger charge is 2.04. The zero-order chi connectivity index (χ0) is 8.39. The van der Waals surface area contributed by atoms with Gasteiger partial charge in [-0.25, -0.2) is 4.98 Å². The van der Waals surface area contributed by atoms with Crippen LogP contribution in [0.25, 0.3) is 10.7 Å². The fraction of sp³-hybridized carbons (Fsp3) is 0.143. The first-order valence-corrected chi connectivity index (χ1v) is 4.82. The molecule has 0 bridgehead atoms. The monoisotopic (exact) mass is 199 g/mol. The Morgan fingerprint density at radius 2 is 2.50 bits per heavy atom. The van der Waals surface area contributed by atoms with Gasteiger partial charge >= 0.3 is 0 Å². The molecule has 0 atom stereocenters. The van der Waals surface area contributed by atoms with Crippen LogP contribution in [0.2, 0.25) is 0 Å². The molecule has 0 spiro atoms. The van der Waals surface area contributed by atoms with Gasteiger partial charge in [-0.05, 0) is 11.4 Å². The van der Waals surface area contributed by atoms with E-state index >= 15 is 0 Å². The van der Waals surface area contributed by atoms with Crippen molar-refractivity contribution in [2.24, 2.45) is 0 Å². The number of nitrogens with zero attached hydrogens (tertiary/aromatic N) is 2. The largest absolute Gasteiger partial charge is 0.262 e. The van der Waals surface area contributed by atoms with Gasteiger partial charge in [-0.1, -0.05) is 6.07 Å². The highest BCUT2D eigenvalue weighted by atomic mass is 35.5. The van der Waals surface area contributed by atoms with E-state index in [2.05, 4.69) is 15.2 Å². The first-order chi connectivity index (χ1) is 5.90. The van der Waals surface area contributed by atoms with Crippen LogP contribution >= 0.6 is 22.9 Å². The molecule has 0 saturated carbocycles. The second-order valence-corrected chi connectivity index (χ2v) is 3.43. The van der Waals surface area contributed by atoms with Gasteiger partial charge in [0.25, 0.3) is 0 Å². The van der Waals surface area contributed by atoms with Crippen molar-refractivity contribution >= 4 is 22.9 Å². The summed E-state index contributed by atoms with van der Waals surface area (Å²) in [7, 11) is 0. The second kappa shape index (κ2) is 3.25. The summed E-state index contributed by atoms with van der Waals surface area (Å²) in [6, 6.07) is 3.95. The third-order valence-corrected chi connectivity index (χ3v) is 2.52. The number of hydrogen-bond donors (Lipinski definition) is 1. The molecule has 2 aromatic rings. The number of rotatable bonds is 2. The van der Waals surface area contributed by atoms with Crippen molar-refractivity contribution < 1.29 is 0 Å². The topological polar surface area (TPSA) is 41.6 Å². The lowest BCUT2D eigenvalue weighted by Gasteiger charge is -1.83. The SMILES string of the molecule is ClCc1nc(-c2cccs2)n[nH]1. The van der Waals surface area contributed by atoms with Gasteiger partial charge in [0.1, 0.15) is 5.82 Å². The molecule has 0 saturated heterocycles. The first kappa shape index (κ1) is 7.76. The molecule has 0 unspecified atom stereocenters. The number of alkyl halides is 1. The Morgan fingerprint density at radius 3 is 3.08 bits per heavy atom. The van der Waals surface area contributed by atoms with Gasteiger partial charge in [-0.15, -0.1) is 22.9 Å². The zero-order valence-electron chi connectivity index (χ0n) is 6.12. The molecule has 0 radical (unpaired) electrons. The molecule has 2 rings (SSSR count). The Balaban J connectivity index is 2.35. The van der Waals surface area contributed by atoms with E-state index in [-0.39, 0.29) is 0 Å². The minimum atomic E-state index is 0.373. The van der Waals surface area contributed by atoms with Gasteiger partial charge in [0.2, 0.25) is 0 Å². The lowest BCUT2D eigenvalue weighted by atomic mass is 10.4. The summed E-state index contributed by atoms with van der Waals surface area (Å²) in [5, 5.41) is 8.77. The standard InChI is InChI=1S/C7H6ClN3S/c8-4-6-9-7(11-10-6)5-2-1-3-12-5/h1-3H,4H2,(H,9,10,11). The first-order valence-electron chi connectivity index (χ1n) is 3.41. The van der Waals surface area contributed by atoms with E-state index in [1.165, 1.54) is 0 Å². The van der Waals surface area contributed by atoms with Crippen LogP contribution in [0.4, 0.5) is 0 Å². The fourth-order valence-corrected chi connectivity index (χ4v) is 1.65. The molecular formula is C7H6ClN3S. The van der Waals surface area contributed by atoms with E-state index < -0.39 is 0 Å². The molecule has 0 fully saturated rings. The van der Waals surface area contributed by atoms with E-state index in [4.69, 9.17) is 11.6 Å². The van der Waals surface area contributed by atoms with Crippen LogP contribution in [0.3, 0.4) is 0 Å². The molecule has 3 nitrogen and oxygen atoms in total. The van der Waals surface area contributed by atoms with Gasteiger partial charge in [-0.3, -0.25) is 5.10 Å². The molecule has 0 amide bonds. The third kappa shape index (κ3) is 1.35. The average Bonchev–Trinajstić information content (AvgIpc) is 2.75. The highest BCUT2D eigenvalue weighted by molar-refractivity contribution is 7.13. The van der Waals surface area contributed by atoms with Crippen molar-refractivity contribution in [2.75, 3.05) is 0 Å². The molecule has 0 aromatic carbocycles. The molecule has 0 aliphatic rings. The number of aromatic amines is 1. The summed E-state index contributed by atoms with van der Waals surface area (Å²) in [5.41, 5.74) is 0. The maximum Gasteiger partial charge on any atom is 0.191 e. The minimum absolute atomic E-state index is 0.373. The number of aromatic nitrogens is 3. The number of hydrogen-bond acceptors (Lipinski definition) is 3. The normalized spacial score (nSPS) is 10.4. The van der Waals surface area contributed by atoms with Crippen molar-refractivity contribution in [3.05, 3.63) is 23.3 Å². The van der Waals surface area contributed by atoms with Crippen molar-refractivity contribution in [1.29, 1.82) is 0 Å². The fourth-order valence-electron chi connectivity index (χ4n) is 0.871. The van der Waals surface area contributed by atoms with Crippen LogP contribution in [0.15, 0.2) is 17.5 Å². The Bertz CT molecular complexity index is 354. The molecule has 0 aliphatic heterocycles. The van der Waals surface area contributed by atoms with Crippen LogP contribution in [0.1, 0.15) is 5.82 Å². The van der Waals surface area contributed by atoms with Crippen molar-refractivity contribution in [1.82, 2.24) is 15.2 Å². The van der Waals surface area contributed by atoms with E-state index in [1.807, 2.05) is 17.5 Å². The molecule has 12 heavy (non-hydrogen) atoms. The van der Waals surface area contributed by atoms with Gasteiger partial charge in [0.05, 0.1) is 10.8 Å². The Kier molecular flexibility index (Phi) is 2.10. The van der Waals surface area contributed by atoms with Crippen LogP contribution in [0.5, 0.6) is 0 Å². The molecular weight excluding hydrogens is 194 g/mol. The molecule has 0 aliphatic carbocycles. The van der Waals surface area contributed by atoms with Crippen LogP contribution in [0, 0.1) is 0 Å². The minimum Gasteiger partial charge on any atom is -0.262 e. The zero-order valence-corrected chi connectivity index (χ0v) is 7.69. The Labute approximate surface area is 78.4 Å². The number of nitrogens with one attached hydrogen (secondary N) is 1. The van der Waals surface area contributed by atoms with E-state index in [0.717, 1.165) is 10.7 Å². The average molecular weight is 200 g/mol. The number of halogens is 1. The van der Waals surface area contributed by atoms with Gasteiger partial charge in [0, 0.05) is 0 Å². The van der Waals surface area contributed by atoms with Crippen LogP contribution in [-0.4, -0.2) is 15.2 Å². The maximum absolute atomic E-state index is 5.57. The number of H-pyrrole nitrogens is 1. The summed E-state index contributed by atoms with van der Waals surface area (Å²) in [4.78, 5) is 5.24. The summed E-state index contributed by atoms with van der Waals surface area (Å²) < 4.78 is 0. The smallest absolute Gasteiger partial charge is 0.191 e. The Hall–Kier alpha value is -0.870. The quantitative estimate of drug-likeness (QED) is 0.754. The molecule has 62 valence electrons. The van der Waals surface area contributed by atoms with Crippen LogP contribution in [-0.2, 0) is 5.88 Å². The molecule has 1 N–H and O–H groups in total. The predicted molar refractivity (Wildman–Crippen MR) is 49.3 cm³/mol. The summed E-state index contributed by atoms with van der Waals surface area (Å²) in [6.45, 7) is 0. The Morgan fingerprint density at radius 1 is 1.58 bits per heavy atom. The van der Waals surface area contributed by atoms with E-state index in [1.54, 1.807) is 11.3 Å². The summed E-state index contributed by atoms with van der Waals surface area (Å²) in [6.07, 6.45) is 0. The van der Waals surface area contributed by atoms with Gasteiger partial charge < -0.3 is 0 Å². The lowest BCUT2D eigenvalue weighted by Crippen LogP contribution is -1.78. The molecule has 2 aromatic heterocycles. The maximum atomic E-state index is 5.57.